The van der Waals surface area contributed by atoms with Crippen LogP contribution < -0.4 is 33.6 Å². The molecule has 0 rings (SSSR count). The van der Waals surface area contributed by atoms with Crippen molar-refractivity contribution >= 4 is 11.8 Å². The molecule has 0 aliphatic heterocycles. The fourth-order valence-corrected chi connectivity index (χ4v) is 1.88. The van der Waals surface area contributed by atoms with E-state index in [-0.39, 0.29) is 11.8 Å². The first-order chi connectivity index (χ1) is 10.5. The average molecular weight is 316 g/mol. The molecule has 22 heavy (non-hydrogen) atoms. The number of nitrogens with one attached hydrogen (secondary N) is 2. The lowest BCUT2D eigenvalue weighted by Gasteiger charge is -2.13. The van der Waals surface area contributed by atoms with Gasteiger partial charge in [-0.15, -0.1) is 0 Å². The van der Waals surface area contributed by atoms with E-state index in [1.807, 2.05) is 0 Å². The van der Waals surface area contributed by atoms with E-state index in [0.29, 0.717) is 45.4 Å². The third-order valence-corrected chi connectivity index (χ3v) is 3.31. The Kier molecular flexibility index (Phi) is 12.7. The van der Waals surface area contributed by atoms with Gasteiger partial charge in [0.05, 0.1) is 12.1 Å². The second-order valence-corrected chi connectivity index (χ2v) is 5.36. The van der Waals surface area contributed by atoms with Crippen molar-refractivity contribution < 1.29 is 9.59 Å². The topological polar surface area (TPSA) is 162 Å². The minimum Gasteiger partial charge on any atom is -0.355 e. The Morgan fingerprint density at radius 1 is 0.727 bits per heavy atom. The maximum absolute atomic E-state index is 11.7. The van der Waals surface area contributed by atoms with Gasteiger partial charge >= 0.3 is 0 Å². The molecule has 0 fully saturated rings. The van der Waals surface area contributed by atoms with Gasteiger partial charge in [0.25, 0.3) is 0 Å². The van der Waals surface area contributed by atoms with Crippen molar-refractivity contribution in [1.82, 2.24) is 10.6 Å². The second kappa shape index (κ2) is 13.4. The van der Waals surface area contributed by atoms with Crippen molar-refractivity contribution in [2.45, 2.75) is 50.6 Å². The van der Waals surface area contributed by atoms with Crippen LogP contribution >= 0.6 is 0 Å². The first-order valence-electron chi connectivity index (χ1n) is 7.99. The molecule has 0 radical (unpaired) electrons. The SMILES string of the molecule is NCCCCC(N)C(=O)NCCCNC(=O)C(N)CCCN. The molecule has 0 aliphatic rings. The Bertz CT molecular complexity index is 314. The highest BCUT2D eigenvalue weighted by Gasteiger charge is 2.13. The molecule has 0 aromatic carbocycles. The number of carbonyl (C=O) groups is 2. The predicted molar refractivity (Wildman–Crippen MR) is 87.8 cm³/mol. The number of nitrogens with two attached hydrogens (primary N) is 4. The Morgan fingerprint density at radius 3 is 1.64 bits per heavy atom. The van der Waals surface area contributed by atoms with Gasteiger partial charge in [0.1, 0.15) is 0 Å². The number of carbonyl (C=O) groups excluding carboxylic acids is 2. The lowest BCUT2D eigenvalue weighted by molar-refractivity contribution is -0.122. The van der Waals surface area contributed by atoms with E-state index < -0.39 is 12.1 Å². The summed E-state index contributed by atoms with van der Waals surface area (Å²) in [6.45, 7) is 2.08. The second-order valence-electron chi connectivity index (χ2n) is 5.36. The van der Waals surface area contributed by atoms with Crippen molar-refractivity contribution in [2.24, 2.45) is 22.9 Å². The molecule has 10 N–H and O–H groups in total. The molecule has 8 heteroatoms. The smallest absolute Gasteiger partial charge is 0.236 e. The molecule has 0 heterocycles. The summed E-state index contributed by atoms with van der Waals surface area (Å²) in [4.78, 5) is 23.3. The van der Waals surface area contributed by atoms with Gasteiger partial charge in [0.2, 0.25) is 11.8 Å². The summed E-state index contributed by atoms with van der Waals surface area (Å²) in [6, 6.07) is -1.01. The van der Waals surface area contributed by atoms with Crippen LogP contribution in [0.25, 0.3) is 0 Å². The lowest BCUT2D eigenvalue weighted by atomic mass is 10.1. The zero-order chi connectivity index (χ0) is 16.8. The Morgan fingerprint density at radius 2 is 1.18 bits per heavy atom. The minimum atomic E-state index is -0.519. The Balaban J connectivity index is 3.63. The first kappa shape index (κ1) is 20.8. The van der Waals surface area contributed by atoms with Crippen LogP contribution in [0.15, 0.2) is 0 Å². The van der Waals surface area contributed by atoms with Gasteiger partial charge < -0.3 is 33.6 Å². The molecule has 0 saturated heterocycles. The van der Waals surface area contributed by atoms with Gasteiger partial charge in [-0.3, -0.25) is 9.59 Å². The van der Waals surface area contributed by atoms with Crippen molar-refractivity contribution in [3.05, 3.63) is 0 Å². The van der Waals surface area contributed by atoms with Crippen molar-refractivity contribution in [3.8, 4) is 0 Å². The molecule has 8 nitrogen and oxygen atoms in total. The summed E-state index contributed by atoms with van der Waals surface area (Å²) in [7, 11) is 0. The molecular weight excluding hydrogens is 284 g/mol. The molecule has 2 amide bonds. The molecule has 0 aromatic rings. The van der Waals surface area contributed by atoms with Crippen LogP contribution in [0, 0.1) is 0 Å². The summed E-state index contributed by atoms with van der Waals surface area (Å²) in [6.07, 6.45) is 4.30. The van der Waals surface area contributed by atoms with E-state index in [9.17, 15) is 9.59 Å². The lowest BCUT2D eigenvalue weighted by Crippen LogP contribution is -2.43. The zero-order valence-corrected chi connectivity index (χ0v) is 13.4. The molecule has 2 atom stereocenters. The van der Waals surface area contributed by atoms with Crippen LogP contribution in [0.3, 0.4) is 0 Å². The summed E-state index contributed by atoms with van der Waals surface area (Å²) >= 11 is 0. The summed E-state index contributed by atoms with van der Waals surface area (Å²) in [5.41, 5.74) is 22.2. The molecule has 2 unspecified atom stereocenters. The van der Waals surface area contributed by atoms with Crippen molar-refractivity contribution in [2.75, 3.05) is 26.2 Å². The zero-order valence-electron chi connectivity index (χ0n) is 13.4. The van der Waals surface area contributed by atoms with Gasteiger partial charge in [-0.25, -0.2) is 0 Å². The quantitative estimate of drug-likeness (QED) is 0.218. The molecule has 130 valence electrons. The van der Waals surface area contributed by atoms with Crippen LogP contribution in [-0.2, 0) is 9.59 Å². The number of amides is 2. The number of unbranched alkanes of at least 4 members (excludes halogenated alkanes) is 1. The van der Waals surface area contributed by atoms with Crippen LogP contribution in [0.2, 0.25) is 0 Å². The third-order valence-electron chi connectivity index (χ3n) is 3.31. The summed E-state index contributed by atoms with van der Waals surface area (Å²) in [5, 5.41) is 5.49. The maximum atomic E-state index is 11.7. The molecule has 0 aromatic heterocycles. The van der Waals surface area contributed by atoms with Crippen LogP contribution in [-0.4, -0.2) is 50.1 Å². The van der Waals surface area contributed by atoms with Crippen molar-refractivity contribution in [3.63, 3.8) is 0 Å². The molecule has 0 bridgehead atoms. The molecule has 0 saturated carbocycles. The van der Waals surface area contributed by atoms with E-state index in [2.05, 4.69) is 10.6 Å². The summed E-state index contributed by atoms with van der Waals surface area (Å²) < 4.78 is 0. The van der Waals surface area contributed by atoms with Gasteiger partial charge in [-0.05, 0) is 45.2 Å². The number of hydrogen-bond acceptors (Lipinski definition) is 6. The number of rotatable bonds is 13. The van der Waals surface area contributed by atoms with Gasteiger partial charge in [0.15, 0.2) is 0 Å². The highest BCUT2D eigenvalue weighted by Crippen LogP contribution is 1.98. The van der Waals surface area contributed by atoms with E-state index in [1.54, 1.807) is 0 Å². The number of hydrogen-bond donors (Lipinski definition) is 6. The van der Waals surface area contributed by atoms with E-state index >= 15 is 0 Å². The fourth-order valence-electron chi connectivity index (χ4n) is 1.88. The Hall–Kier alpha value is -1.22. The third kappa shape index (κ3) is 10.5. The van der Waals surface area contributed by atoms with Crippen LogP contribution in [0.5, 0.6) is 0 Å². The van der Waals surface area contributed by atoms with Gasteiger partial charge in [0, 0.05) is 13.1 Å². The first-order valence-corrected chi connectivity index (χ1v) is 7.99. The van der Waals surface area contributed by atoms with Gasteiger partial charge in [-0.1, -0.05) is 6.42 Å². The van der Waals surface area contributed by atoms with E-state index in [1.165, 1.54) is 0 Å². The summed E-state index contributed by atoms with van der Waals surface area (Å²) in [5.74, 6) is -0.346. The largest absolute Gasteiger partial charge is 0.355 e. The van der Waals surface area contributed by atoms with Crippen LogP contribution in [0.1, 0.15) is 38.5 Å². The molecular formula is C14H32N6O2. The standard InChI is InChI=1S/C14H32N6O2/c15-7-2-1-5-11(17)13(21)19-9-4-10-20-14(22)12(18)6-3-8-16/h11-12H,1-10,15-18H2,(H,19,21)(H,20,22). The maximum Gasteiger partial charge on any atom is 0.236 e. The van der Waals surface area contributed by atoms with Gasteiger partial charge in [-0.2, -0.15) is 0 Å². The predicted octanol–water partition coefficient (Wildman–Crippen LogP) is -1.87. The fraction of sp³-hybridized carbons (Fsp3) is 0.857. The average Bonchev–Trinajstić information content (AvgIpc) is 2.51. The Labute approximate surface area is 132 Å². The molecule has 0 aliphatic carbocycles. The minimum absolute atomic E-state index is 0.164. The van der Waals surface area contributed by atoms with E-state index in [4.69, 9.17) is 22.9 Å². The molecule has 0 spiro atoms. The van der Waals surface area contributed by atoms with Crippen LogP contribution in [0.4, 0.5) is 0 Å². The highest BCUT2D eigenvalue weighted by molar-refractivity contribution is 5.82. The van der Waals surface area contributed by atoms with E-state index in [0.717, 1.165) is 19.3 Å². The van der Waals surface area contributed by atoms with Crippen molar-refractivity contribution in [1.29, 1.82) is 0 Å². The monoisotopic (exact) mass is 316 g/mol. The highest BCUT2D eigenvalue weighted by atomic mass is 16.2. The normalized spacial score (nSPS) is 13.5.